The molecule has 5 N–H and O–H groups in total. The van der Waals surface area contributed by atoms with Crippen molar-refractivity contribution in [1.82, 2.24) is 0 Å². The summed E-state index contributed by atoms with van der Waals surface area (Å²) in [5.74, 6) is -0.513. The van der Waals surface area contributed by atoms with Crippen LogP contribution in [0.4, 0.5) is 0 Å². The molecule has 0 aromatic rings. The van der Waals surface area contributed by atoms with Gasteiger partial charge < -0.3 is 30.3 Å². The molecule has 0 aromatic heterocycles. The molecule has 0 bridgehead atoms. The van der Waals surface area contributed by atoms with E-state index < -0.39 is 32.1 Å². The molecular weight excluding hydrogens is 681 g/mol. The normalized spacial score (nSPS) is 15.3. The van der Waals surface area contributed by atoms with Gasteiger partial charge >= 0.3 is 13.8 Å². The van der Waals surface area contributed by atoms with Gasteiger partial charge in [-0.2, -0.15) is 0 Å². The zero-order valence-corrected chi connectivity index (χ0v) is 33.4. The fourth-order valence-electron chi connectivity index (χ4n) is 5.13. The summed E-state index contributed by atoms with van der Waals surface area (Å²) in [6.45, 7) is 3.75. The molecule has 11 heteroatoms. The maximum Gasteiger partial charge on any atom is 0.472 e. The Bertz CT molecular complexity index is 1010. The summed E-state index contributed by atoms with van der Waals surface area (Å²) in [5, 5.41) is 20.6. The van der Waals surface area contributed by atoms with Gasteiger partial charge in [0.1, 0.15) is 6.61 Å². The molecule has 0 fully saturated rings. The first-order valence-electron chi connectivity index (χ1n) is 20.0. The SMILES string of the molecule is CC/C=C\C/C=C\C/C=C\C/C=C\C[C@H](O)[C@@H](O)CCCC(=O)OC[C@H](COP(=O)(O)OCCN)O/C=C/CCCCCCCCCCCCCC. The fourth-order valence-corrected chi connectivity index (χ4v) is 5.89. The van der Waals surface area contributed by atoms with Crippen molar-refractivity contribution >= 4 is 13.8 Å². The highest BCUT2D eigenvalue weighted by Crippen LogP contribution is 2.43. The van der Waals surface area contributed by atoms with Gasteiger partial charge in [-0.25, -0.2) is 4.57 Å². The lowest BCUT2D eigenvalue weighted by molar-refractivity contribution is -0.147. The van der Waals surface area contributed by atoms with Gasteiger partial charge in [-0.15, -0.1) is 0 Å². The molecule has 0 aromatic carbocycles. The van der Waals surface area contributed by atoms with E-state index in [1.165, 1.54) is 70.5 Å². The first-order chi connectivity index (χ1) is 25.3. The Kier molecular flexibility index (Phi) is 35.8. The molecule has 52 heavy (non-hydrogen) atoms. The smallest absolute Gasteiger partial charge is 0.472 e. The van der Waals surface area contributed by atoms with E-state index in [1.54, 1.807) is 0 Å². The molecule has 1 unspecified atom stereocenters. The molecule has 0 saturated heterocycles. The van der Waals surface area contributed by atoms with Crippen LogP contribution in [0.25, 0.3) is 0 Å². The summed E-state index contributed by atoms with van der Waals surface area (Å²) < 4.78 is 32.9. The van der Waals surface area contributed by atoms with E-state index in [0.717, 1.165) is 44.9 Å². The topological polar surface area (TPSA) is 158 Å². The van der Waals surface area contributed by atoms with Gasteiger partial charge in [-0.3, -0.25) is 13.8 Å². The van der Waals surface area contributed by atoms with Crippen molar-refractivity contribution in [3.05, 3.63) is 60.9 Å². The van der Waals surface area contributed by atoms with Gasteiger partial charge in [-0.05, 0) is 63.9 Å². The van der Waals surface area contributed by atoms with Crippen LogP contribution < -0.4 is 5.73 Å². The molecule has 0 amide bonds. The number of rotatable bonds is 37. The number of unbranched alkanes of at least 4 members (excludes halogenated alkanes) is 12. The number of aliphatic hydroxyl groups is 2. The van der Waals surface area contributed by atoms with E-state index in [0.29, 0.717) is 12.8 Å². The molecule has 0 aliphatic heterocycles. The van der Waals surface area contributed by atoms with Crippen LogP contribution in [0.15, 0.2) is 60.9 Å². The second-order valence-electron chi connectivity index (χ2n) is 13.1. The van der Waals surface area contributed by atoms with E-state index in [2.05, 4.69) is 50.3 Å². The Hall–Kier alpha value is -2.04. The van der Waals surface area contributed by atoms with Gasteiger partial charge in [0.15, 0.2) is 6.10 Å². The predicted molar refractivity (Wildman–Crippen MR) is 213 cm³/mol. The number of phosphoric acid groups is 1. The summed E-state index contributed by atoms with van der Waals surface area (Å²) in [6, 6.07) is 0. The number of hydrogen-bond donors (Lipinski definition) is 4. The maximum atomic E-state index is 12.4. The molecule has 0 saturated carbocycles. The van der Waals surface area contributed by atoms with Crippen molar-refractivity contribution in [1.29, 1.82) is 0 Å². The standard InChI is InChI=1S/C41H74NO9P/c1-3-5-7-9-11-13-15-17-18-20-22-24-26-28-34-48-38(37-51-52(46,47)50-35-33-42)36-49-41(45)32-29-31-40(44)39(43)30-27-25-23-21-19-16-14-12-10-8-6-4-2/h6,8,12,14,19,21,25,27-28,34,38-40,43-44H,3-5,7,9-11,13,15-18,20,22-24,26,29-33,35-37,42H2,1-2H3,(H,46,47)/b8-6-,14-12-,21-19-,27-25-,34-28+/t38-,39+,40+/m1/s1. The third-order valence-electron chi connectivity index (χ3n) is 8.24. The van der Waals surface area contributed by atoms with Crippen molar-refractivity contribution < 1.29 is 43.0 Å². The Morgan fingerprint density at radius 1 is 0.692 bits per heavy atom. The fraction of sp³-hybridized carbons (Fsp3) is 0.732. The van der Waals surface area contributed by atoms with Gasteiger partial charge in [-0.1, -0.05) is 133 Å². The summed E-state index contributed by atoms with van der Waals surface area (Å²) in [5.41, 5.74) is 5.34. The second kappa shape index (κ2) is 37.3. The van der Waals surface area contributed by atoms with Crippen LogP contribution in [-0.4, -0.2) is 65.8 Å². The molecule has 302 valence electrons. The van der Waals surface area contributed by atoms with Crippen molar-refractivity contribution in [3.8, 4) is 0 Å². The van der Waals surface area contributed by atoms with Crippen molar-refractivity contribution in [2.24, 2.45) is 5.73 Å². The third-order valence-corrected chi connectivity index (χ3v) is 9.22. The van der Waals surface area contributed by atoms with E-state index in [9.17, 15) is 24.5 Å². The highest BCUT2D eigenvalue weighted by atomic mass is 31.2. The van der Waals surface area contributed by atoms with Crippen molar-refractivity contribution in [2.75, 3.05) is 26.4 Å². The minimum Gasteiger partial charge on any atom is -0.492 e. The molecule has 0 spiro atoms. The van der Waals surface area contributed by atoms with Gasteiger partial charge in [0.05, 0.1) is 31.7 Å². The summed E-state index contributed by atoms with van der Waals surface area (Å²) >= 11 is 0. The van der Waals surface area contributed by atoms with E-state index in [-0.39, 0.29) is 39.2 Å². The van der Waals surface area contributed by atoms with Gasteiger partial charge in [0.25, 0.3) is 0 Å². The lowest BCUT2D eigenvalue weighted by Gasteiger charge is -2.19. The highest BCUT2D eigenvalue weighted by Gasteiger charge is 2.24. The molecule has 0 aliphatic carbocycles. The molecular formula is C41H74NO9P. The van der Waals surface area contributed by atoms with E-state index >= 15 is 0 Å². The first-order valence-corrected chi connectivity index (χ1v) is 21.5. The van der Waals surface area contributed by atoms with Crippen molar-refractivity contribution in [3.63, 3.8) is 0 Å². The van der Waals surface area contributed by atoms with E-state index in [1.807, 2.05) is 18.2 Å². The van der Waals surface area contributed by atoms with Crippen molar-refractivity contribution in [2.45, 2.75) is 167 Å². The Balaban J connectivity index is 4.39. The lowest BCUT2D eigenvalue weighted by Crippen LogP contribution is -2.27. The average Bonchev–Trinajstić information content (AvgIpc) is 3.13. The number of carbonyl (C=O) groups excluding carboxylic acids is 1. The second-order valence-corrected chi connectivity index (χ2v) is 14.6. The van der Waals surface area contributed by atoms with Crippen LogP contribution in [0.1, 0.15) is 149 Å². The molecule has 0 rings (SSSR count). The highest BCUT2D eigenvalue weighted by molar-refractivity contribution is 7.47. The van der Waals surface area contributed by atoms with Gasteiger partial charge in [0.2, 0.25) is 0 Å². The first kappa shape index (κ1) is 50.0. The van der Waals surface area contributed by atoms with Crippen LogP contribution in [0, 0.1) is 0 Å². The number of nitrogens with two attached hydrogens (primary N) is 1. The molecule has 0 heterocycles. The van der Waals surface area contributed by atoms with Crippen LogP contribution in [0.2, 0.25) is 0 Å². The Morgan fingerprint density at radius 3 is 1.83 bits per heavy atom. The predicted octanol–water partition coefficient (Wildman–Crippen LogP) is 9.70. The minimum atomic E-state index is -4.33. The summed E-state index contributed by atoms with van der Waals surface area (Å²) in [7, 11) is -4.33. The maximum absolute atomic E-state index is 12.4. The minimum absolute atomic E-state index is 0.0359. The van der Waals surface area contributed by atoms with Crippen LogP contribution in [0.3, 0.4) is 0 Å². The quantitative estimate of drug-likeness (QED) is 0.0158. The number of ether oxygens (including phenoxy) is 2. The van der Waals surface area contributed by atoms with Crippen LogP contribution in [-0.2, 0) is 27.9 Å². The van der Waals surface area contributed by atoms with Gasteiger partial charge in [0, 0.05) is 13.0 Å². The van der Waals surface area contributed by atoms with E-state index in [4.69, 9.17) is 24.3 Å². The zero-order valence-electron chi connectivity index (χ0n) is 32.5. The summed E-state index contributed by atoms with van der Waals surface area (Å²) in [6.07, 6.45) is 38.0. The zero-order chi connectivity index (χ0) is 38.4. The molecule has 0 aliphatic rings. The largest absolute Gasteiger partial charge is 0.492 e. The lowest BCUT2D eigenvalue weighted by atomic mass is 10.0. The molecule has 0 radical (unpaired) electrons. The number of phosphoric ester groups is 1. The number of esters is 1. The number of carbonyl (C=O) groups is 1. The third kappa shape index (κ3) is 35.0. The average molecular weight is 756 g/mol. The number of aliphatic hydroxyl groups excluding tert-OH is 2. The Morgan fingerprint density at radius 2 is 1.25 bits per heavy atom. The molecule has 4 atom stereocenters. The number of hydrogen-bond acceptors (Lipinski definition) is 9. The summed E-state index contributed by atoms with van der Waals surface area (Å²) in [4.78, 5) is 22.3. The molecule has 10 nitrogen and oxygen atoms in total. The van der Waals surface area contributed by atoms with Crippen LogP contribution >= 0.6 is 7.82 Å². The number of allylic oxidation sites excluding steroid dienone is 8. The Labute approximate surface area is 316 Å². The van der Waals surface area contributed by atoms with Crippen LogP contribution in [0.5, 0.6) is 0 Å². The monoisotopic (exact) mass is 756 g/mol.